The van der Waals surface area contributed by atoms with Gasteiger partial charge < -0.3 is 10.2 Å². The summed E-state index contributed by atoms with van der Waals surface area (Å²) in [6.07, 6.45) is 4.43. The van der Waals surface area contributed by atoms with Crippen LogP contribution < -0.4 is 0 Å². The van der Waals surface area contributed by atoms with Crippen LogP contribution in [0.15, 0.2) is 24.8 Å². The van der Waals surface area contributed by atoms with E-state index in [0.29, 0.717) is 6.42 Å². The second-order valence-electron chi connectivity index (χ2n) is 2.21. The van der Waals surface area contributed by atoms with Crippen molar-refractivity contribution in [2.75, 3.05) is 0 Å². The third kappa shape index (κ3) is 5.54. The molecule has 2 heteroatoms. The van der Waals surface area contributed by atoms with Crippen molar-refractivity contribution in [1.82, 2.24) is 0 Å². The SMILES string of the molecule is C=CC(O)C/C=C/C(C)O. The van der Waals surface area contributed by atoms with Crippen LogP contribution >= 0.6 is 0 Å². The highest BCUT2D eigenvalue weighted by atomic mass is 16.3. The molecule has 0 aromatic carbocycles. The van der Waals surface area contributed by atoms with Gasteiger partial charge in [0.1, 0.15) is 0 Å². The van der Waals surface area contributed by atoms with Gasteiger partial charge in [-0.25, -0.2) is 0 Å². The molecule has 2 atom stereocenters. The lowest BCUT2D eigenvalue weighted by Gasteiger charge is -1.98. The van der Waals surface area contributed by atoms with Gasteiger partial charge in [0.2, 0.25) is 0 Å². The fourth-order valence-electron chi connectivity index (χ4n) is 0.511. The largest absolute Gasteiger partial charge is 0.389 e. The molecule has 0 spiro atoms. The maximum absolute atomic E-state index is 8.92. The number of hydrogen-bond acceptors (Lipinski definition) is 2. The van der Waals surface area contributed by atoms with Crippen LogP contribution in [0.5, 0.6) is 0 Å². The minimum atomic E-state index is -0.491. The molecule has 0 aliphatic rings. The topological polar surface area (TPSA) is 40.5 Å². The molecule has 0 amide bonds. The molecule has 0 bridgehead atoms. The van der Waals surface area contributed by atoms with Crippen LogP contribution in [0.1, 0.15) is 13.3 Å². The third-order valence-corrected chi connectivity index (χ3v) is 1.06. The van der Waals surface area contributed by atoms with Gasteiger partial charge in [-0.05, 0) is 13.3 Å². The van der Waals surface area contributed by atoms with Crippen LogP contribution in [0, 0.1) is 0 Å². The molecule has 0 aliphatic heterocycles. The fourth-order valence-corrected chi connectivity index (χ4v) is 0.511. The van der Waals surface area contributed by atoms with Crippen molar-refractivity contribution in [3.8, 4) is 0 Å². The molecule has 2 nitrogen and oxygen atoms in total. The molecular formula is C8H14O2. The van der Waals surface area contributed by atoms with E-state index in [4.69, 9.17) is 10.2 Å². The number of aliphatic hydroxyl groups excluding tert-OH is 2. The standard InChI is InChI=1S/C8H14O2/c1-3-8(10)6-4-5-7(2)9/h3-5,7-10H,1,6H2,2H3/b5-4+. The van der Waals surface area contributed by atoms with Gasteiger partial charge in [0.05, 0.1) is 12.2 Å². The van der Waals surface area contributed by atoms with Crippen LogP contribution in [-0.4, -0.2) is 22.4 Å². The van der Waals surface area contributed by atoms with Crippen LogP contribution in [0.4, 0.5) is 0 Å². The molecular weight excluding hydrogens is 128 g/mol. The Morgan fingerprint density at radius 3 is 2.50 bits per heavy atom. The number of aliphatic hydroxyl groups is 2. The van der Waals surface area contributed by atoms with E-state index in [2.05, 4.69) is 6.58 Å². The highest BCUT2D eigenvalue weighted by Crippen LogP contribution is 1.94. The van der Waals surface area contributed by atoms with Crippen molar-refractivity contribution in [3.05, 3.63) is 24.8 Å². The first-order chi connectivity index (χ1) is 4.66. The van der Waals surface area contributed by atoms with E-state index >= 15 is 0 Å². The maximum Gasteiger partial charge on any atom is 0.0752 e. The normalized spacial score (nSPS) is 17.1. The summed E-state index contributed by atoms with van der Waals surface area (Å²) in [5.41, 5.74) is 0. The quantitative estimate of drug-likeness (QED) is 0.571. The zero-order valence-corrected chi connectivity index (χ0v) is 6.20. The molecule has 0 rings (SSSR count). The lowest BCUT2D eigenvalue weighted by Crippen LogP contribution is -1.99. The zero-order chi connectivity index (χ0) is 7.98. The first kappa shape index (κ1) is 9.40. The van der Waals surface area contributed by atoms with Crippen molar-refractivity contribution < 1.29 is 10.2 Å². The van der Waals surface area contributed by atoms with Crippen LogP contribution in [0.25, 0.3) is 0 Å². The van der Waals surface area contributed by atoms with Crippen molar-refractivity contribution >= 4 is 0 Å². The number of rotatable bonds is 4. The monoisotopic (exact) mass is 142 g/mol. The fraction of sp³-hybridized carbons (Fsp3) is 0.500. The van der Waals surface area contributed by atoms with E-state index in [9.17, 15) is 0 Å². The van der Waals surface area contributed by atoms with E-state index in [1.54, 1.807) is 19.1 Å². The van der Waals surface area contributed by atoms with Crippen LogP contribution in [0.2, 0.25) is 0 Å². The predicted molar refractivity (Wildman–Crippen MR) is 41.6 cm³/mol. The zero-order valence-electron chi connectivity index (χ0n) is 6.20. The molecule has 10 heavy (non-hydrogen) atoms. The summed E-state index contributed by atoms with van der Waals surface area (Å²) < 4.78 is 0. The molecule has 0 aliphatic carbocycles. The Morgan fingerprint density at radius 2 is 2.10 bits per heavy atom. The lowest BCUT2D eigenvalue weighted by molar-refractivity contribution is 0.224. The van der Waals surface area contributed by atoms with E-state index in [0.717, 1.165) is 0 Å². The van der Waals surface area contributed by atoms with Crippen molar-refractivity contribution in [1.29, 1.82) is 0 Å². The maximum atomic E-state index is 8.92. The minimum absolute atomic E-state index is 0.433. The summed E-state index contributed by atoms with van der Waals surface area (Å²) in [6.45, 7) is 5.08. The van der Waals surface area contributed by atoms with E-state index in [-0.39, 0.29) is 0 Å². The van der Waals surface area contributed by atoms with Gasteiger partial charge in [-0.15, -0.1) is 6.58 Å². The summed E-state index contributed by atoms with van der Waals surface area (Å²) in [7, 11) is 0. The molecule has 0 aromatic rings. The first-order valence-electron chi connectivity index (χ1n) is 3.32. The Balaban J connectivity index is 3.42. The van der Waals surface area contributed by atoms with E-state index < -0.39 is 12.2 Å². The van der Waals surface area contributed by atoms with E-state index in [1.807, 2.05) is 0 Å². The Morgan fingerprint density at radius 1 is 1.50 bits per heavy atom. The molecule has 2 unspecified atom stereocenters. The van der Waals surface area contributed by atoms with Crippen LogP contribution in [-0.2, 0) is 0 Å². The van der Waals surface area contributed by atoms with E-state index in [1.165, 1.54) is 6.08 Å². The summed E-state index contributed by atoms with van der Waals surface area (Å²) in [5, 5.41) is 17.7. The second-order valence-corrected chi connectivity index (χ2v) is 2.21. The molecule has 0 saturated heterocycles. The van der Waals surface area contributed by atoms with Gasteiger partial charge in [-0.1, -0.05) is 18.2 Å². The Kier molecular flexibility index (Phi) is 4.89. The molecule has 58 valence electrons. The smallest absolute Gasteiger partial charge is 0.0752 e. The minimum Gasteiger partial charge on any atom is -0.389 e. The predicted octanol–water partition coefficient (Wildman–Crippen LogP) is 0.860. The second kappa shape index (κ2) is 5.21. The van der Waals surface area contributed by atoms with Crippen molar-refractivity contribution in [2.24, 2.45) is 0 Å². The summed E-state index contributed by atoms with van der Waals surface area (Å²) in [5.74, 6) is 0. The average molecular weight is 142 g/mol. The van der Waals surface area contributed by atoms with Gasteiger partial charge in [-0.2, -0.15) is 0 Å². The third-order valence-electron chi connectivity index (χ3n) is 1.06. The van der Waals surface area contributed by atoms with Gasteiger partial charge in [-0.3, -0.25) is 0 Å². The number of hydrogen-bond donors (Lipinski definition) is 2. The lowest BCUT2D eigenvalue weighted by atomic mass is 10.2. The molecule has 2 N–H and O–H groups in total. The van der Waals surface area contributed by atoms with Gasteiger partial charge in [0, 0.05) is 0 Å². The first-order valence-corrected chi connectivity index (χ1v) is 3.32. The Hall–Kier alpha value is -0.600. The van der Waals surface area contributed by atoms with Gasteiger partial charge >= 0.3 is 0 Å². The van der Waals surface area contributed by atoms with Crippen LogP contribution in [0.3, 0.4) is 0 Å². The molecule has 0 heterocycles. The van der Waals surface area contributed by atoms with Gasteiger partial charge in [0.25, 0.3) is 0 Å². The Labute approximate surface area is 61.5 Å². The highest BCUT2D eigenvalue weighted by Gasteiger charge is 1.92. The Bertz CT molecular complexity index is 116. The summed E-state index contributed by atoms with van der Waals surface area (Å²) >= 11 is 0. The molecule has 0 fully saturated rings. The van der Waals surface area contributed by atoms with Crippen molar-refractivity contribution in [3.63, 3.8) is 0 Å². The van der Waals surface area contributed by atoms with Gasteiger partial charge in [0.15, 0.2) is 0 Å². The summed E-state index contributed by atoms with van der Waals surface area (Å²) in [4.78, 5) is 0. The average Bonchev–Trinajstić information content (AvgIpc) is 1.87. The highest BCUT2D eigenvalue weighted by molar-refractivity contribution is 4.92. The van der Waals surface area contributed by atoms with Crippen molar-refractivity contribution in [2.45, 2.75) is 25.6 Å². The molecule has 0 aromatic heterocycles. The molecule has 0 saturated carbocycles. The summed E-state index contributed by atoms with van der Waals surface area (Å²) in [6, 6.07) is 0. The molecule has 0 radical (unpaired) electrons.